The highest BCUT2D eigenvalue weighted by Crippen LogP contribution is 2.14. The molecule has 0 bridgehead atoms. The summed E-state index contributed by atoms with van der Waals surface area (Å²) in [7, 11) is 0. The standard InChI is InChI=1S/C16H27NO2/c1-5-17-16(12-18-10-11-19-13(2)3)15-8-6-14(4)7-9-15/h6-9,13,16-17H,5,10-12H2,1-4H3. The Morgan fingerprint density at radius 2 is 1.79 bits per heavy atom. The summed E-state index contributed by atoms with van der Waals surface area (Å²) in [5, 5.41) is 3.45. The molecular weight excluding hydrogens is 238 g/mol. The molecule has 0 aliphatic heterocycles. The lowest BCUT2D eigenvalue weighted by atomic mass is 10.1. The van der Waals surface area contributed by atoms with Crippen molar-refractivity contribution in [2.45, 2.75) is 39.8 Å². The van der Waals surface area contributed by atoms with Crippen molar-refractivity contribution in [1.29, 1.82) is 0 Å². The lowest BCUT2D eigenvalue weighted by Gasteiger charge is -2.19. The van der Waals surface area contributed by atoms with Crippen LogP contribution in [0.3, 0.4) is 0 Å². The minimum absolute atomic E-state index is 0.254. The fourth-order valence-corrected chi connectivity index (χ4v) is 1.86. The third-order valence-electron chi connectivity index (χ3n) is 2.89. The SMILES string of the molecule is CCNC(COCCOC(C)C)c1ccc(C)cc1. The summed E-state index contributed by atoms with van der Waals surface area (Å²) >= 11 is 0. The Balaban J connectivity index is 2.38. The average molecular weight is 265 g/mol. The molecule has 0 aliphatic rings. The summed E-state index contributed by atoms with van der Waals surface area (Å²) in [5.41, 5.74) is 2.56. The highest BCUT2D eigenvalue weighted by atomic mass is 16.5. The fraction of sp³-hybridized carbons (Fsp3) is 0.625. The molecule has 1 rings (SSSR count). The summed E-state index contributed by atoms with van der Waals surface area (Å²) in [5.74, 6) is 0. The number of nitrogens with one attached hydrogen (secondary N) is 1. The highest BCUT2D eigenvalue weighted by molar-refractivity contribution is 5.24. The van der Waals surface area contributed by atoms with Crippen molar-refractivity contribution in [3.63, 3.8) is 0 Å². The predicted molar refractivity (Wildman–Crippen MR) is 79.5 cm³/mol. The van der Waals surface area contributed by atoms with Gasteiger partial charge in [0.05, 0.1) is 32.0 Å². The quantitative estimate of drug-likeness (QED) is 0.696. The summed E-state index contributed by atoms with van der Waals surface area (Å²) in [6.45, 7) is 11.2. The van der Waals surface area contributed by atoms with Crippen LogP contribution in [-0.2, 0) is 9.47 Å². The minimum Gasteiger partial charge on any atom is -0.377 e. The van der Waals surface area contributed by atoms with Gasteiger partial charge in [0.25, 0.3) is 0 Å². The van der Waals surface area contributed by atoms with E-state index in [1.807, 2.05) is 13.8 Å². The van der Waals surface area contributed by atoms with Crippen LogP contribution in [0.25, 0.3) is 0 Å². The van der Waals surface area contributed by atoms with Gasteiger partial charge in [0, 0.05) is 0 Å². The smallest absolute Gasteiger partial charge is 0.0703 e. The molecule has 0 fully saturated rings. The molecule has 108 valence electrons. The van der Waals surface area contributed by atoms with E-state index in [1.54, 1.807) is 0 Å². The molecule has 0 saturated heterocycles. The molecule has 1 aromatic carbocycles. The third kappa shape index (κ3) is 6.71. The normalized spacial score (nSPS) is 12.9. The number of benzene rings is 1. The van der Waals surface area contributed by atoms with Gasteiger partial charge in [-0.05, 0) is 32.9 Å². The molecule has 3 heteroatoms. The van der Waals surface area contributed by atoms with E-state index in [2.05, 4.69) is 43.4 Å². The van der Waals surface area contributed by atoms with Gasteiger partial charge in [-0.25, -0.2) is 0 Å². The summed E-state index contributed by atoms with van der Waals surface area (Å²) in [6.07, 6.45) is 0.269. The summed E-state index contributed by atoms with van der Waals surface area (Å²) in [4.78, 5) is 0. The third-order valence-corrected chi connectivity index (χ3v) is 2.89. The van der Waals surface area contributed by atoms with Crippen LogP contribution in [-0.4, -0.2) is 32.5 Å². The van der Waals surface area contributed by atoms with E-state index in [9.17, 15) is 0 Å². The molecule has 0 aromatic heterocycles. The molecule has 0 radical (unpaired) electrons. The Labute approximate surface area is 117 Å². The van der Waals surface area contributed by atoms with Crippen LogP contribution in [0.1, 0.15) is 37.9 Å². The summed E-state index contributed by atoms with van der Waals surface area (Å²) in [6, 6.07) is 8.86. The second-order valence-electron chi connectivity index (χ2n) is 5.02. The van der Waals surface area contributed by atoms with Crippen molar-refractivity contribution < 1.29 is 9.47 Å². The molecule has 0 amide bonds. The van der Waals surface area contributed by atoms with Crippen molar-refractivity contribution in [2.75, 3.05) is 26.4 Å². The highest BCUT2D eigenvalue weighted by Gasteiger charge is 2.10. The Bertz CT molecular complexity index is 335. The molecule has 1 N–H and O–H groups in total. The first kappa shape index (κ1) is 16.2. The zero-order chi connectivity index (χ0) is 14.1. The van der Waals surface area contributed by atoms with Gasteiger partial charge in [0.15, 0.2) is 0 Å². The van der Waals surface area contributed by atoms with E-state index < -0.39 is 0 Å². The Hall–Kier alpha value is -0.900. The van der Waals surface area contributed by atoms with E-state index in [1.165, 1.54) is 11.1 Å². The van der Waals surface area contributed by atoms with Gasteiger partial charge in [0.1, 0.15) is 0 Å². The van der Waals surface area contributed by atoms with E-state index >= 15 is 0 Å². The first-order chi connectivity index (χ1) is 9.13. The maximum Gasteiger partial charge on any atom is 0.0703 e. The minimum atomic E-state index is 0.254. The van der Waals surface area contributed by atoms with Crippen molar-refractivity contribution in [3.8, 4) is 0 Å². The zero-order valence-corrected chi connectivity index (χ0v) is 12.6. The van der Waals surface area contributed by atoms with Gasteiger partial charge in [-0.2, -0.15) is 0 Å². The van der Waals surface area contributed by atoms with Gasteiger partial charge in [0.2, 0.25) is 0 Å². The zero-order valence-electron chi connectivity index (χ0n) is 12.6. The largest absolute Gasteiger partial charge is 0.377 e. The van der Waals surface area contributed by atoms with Crippen molar-refractivity contribution in [2.24, 2.45) is 0 Å². The van der Waals surface area contributed by atoms with E-state index in [0.29, 0.717) is 19.8 Å². The molecule has 3 nitrogen and oxygen atoms in total. The van der Waals surface area contributed by atoms with E-state index in [4.69, 9.17) is 9.47 Å². The van der Waals surface area contributed by atoms with Gasteiger partial charge < -0.3 is 14.8 Å². The predicted octanol–water partition coefficient (Wildman–Crippen LogP) is 3.09. The van der Waals surface area contributed by atoms with Crippen LogP contribution in [0.5, 0.6) is 0 Å². The maximum absolute atomic E-state index is 5.70. The second kappa shape index (κ2) is 9.08. The molecular formula is C16H27NO2. The van der Waals surface area contributed by atoms with E-state index in [0.717, 1.165) is 6.54 Å². The Kier molecular flexibility index (Phi) is 7.72. The lowest BCUT2D eigenvalue weighted by molar-refractivity contribution is 0.0138. The van der Waals surface area contributed by atoms with Crippen LogP contribution >= 0.6 is 0 Å². The average Bonchev–Trinajstić information content (AvgIpc) is 2.38. The van der Waals surface area contributed by atoms with Gasteiger partial charge in [-0.15, -0.1) is 0 Å². The van der Waals surface area contributed by atoms with Crippen LogP contribution in [0, 0.1) is 6.92 Å². The second-order valence-corrected chi connectivity index (χ2v) is 5.02. The lowest BCUT2D eigenvalue weighted by Crippen LogP contribution is -2.26. The van der Waals surface area contributed by atoms with Crippen LogP contribution in [0.2, 0.25) is 0 Å². The van der Waals surface area contributed by atoms with Gasteiger partial charge >= 0.3 is 0 Å². The van der Waals surface area contributed by atoms with Crippen molar-refractivity contribution in [1.82, 2.24) is 5.32 Å². The first-order valence-electron chi connectivity index (χ1n) is 7.12. The molecule has 1 atom stereocenters. The van der Waals surface area contributed by atoms with Gasteiger partial charge in [-0.3, -0.25) is 0 Å². The van der Waals surface area contributed by atoms with Crippen LogP contribution in [0.4, 0.5) is 0 Å². The molecule has 19 heavy (non-hydrogen) atoms. The molecule has 0 heterocycles. The number of ether oxygens (including phenoxy) is 2. The summed E-state index contributed by atoms with van der Waals surface area (Å²) < 4.78 is 11.2. The number of hydrogen-bond acceptors (Lipinski definition) is 3. The first-order valence-corrected chi connectivity index (χ1v) is 7.12. The molecule has 0 spiro atoms. The number of likely N-dealkylation sites (N-methyl/N-ethyl adjacent to an activating group) is 1. The van der Waals surface area contributed by atoms with Crippen molar-refractivity contribution >= 4 is 0 Å². The van der Waals surface area contributed by atoms with Crippen LogP contribution in [0.15, 0.2) is 24.3 Å². The number of aryl methyl sites for hydroxylation is 1. The Morgan fingerprint density at radius 1 is 1.11 bits per heavy atom. The molecule has 0 saturated carbocycles. The molecule has 1 aromatic rings. The monoisotopic (exact) mass is 265 g/mol. The fourth-order valence-electron chi connectivity index (χ4n) is 1.86. The van der Waals surface area contributed by atoms with Gasteiger partial charge in [-0.1, -0.05) is 36.8 Å². The molecule has 0 aliphatic carbocycles. The number of rotatable bonds is 9. The maximum atomic E-state index is 5.70. The van der Waals surface area contributed by atoms with Crippen molar-refractivity contribution in [3.05, 3.63) is 35.4 Å². The van der Waals surface area contributed by atoms with Crippen LogP contribution < -0.4 is 5.32 Å². The Morgan fingerprint density at radius 3 is 2.37 bits per heavy atom. The number of hydrogen-bond donors (Lipinski definition) is 1. The molecule has 1 unspecified atom stereocenters. The van der Waals surface area contributed by atoms with E-state index in [-0.39, 0.29) is 12.1 Å². The topological polar surface area (TPSA) is 30.5 Å².